The van der Waals surface area contributed by atoms with Gasteiger partial charge in [0, 0.05) is 64.1 Å². The van der Waals surface area contributed by atoms with Gasteiger partial charge >= 0.3 is 6.03 Å². The van der Waals surface area contributed by atoms with Gasteiger partial charge in [0.1, 0.15) is 5.69 Å². The lowest BCUT2D eigenvalue weighted by molar-refractivity contribution is 0.0995. The molecule has 2 aliphatic heterocycles. The van der Waals surface area contributed by atoms with Crippen LogP contribution in [-0.2, 0) is 6.54 Å². The molecule has 0 aromatic carbocycles. The summed E-state index contributed by atoms with van der Waals surface area (Å²) < 4.78 is 0. The van der Waals surface area contributed by atoms with Crippen molar-refractivity contribution in [2.45, 2.75) is 44.3 Å². The van der Waals surface area contributed by atoms with E-state index in [9.17, 15) is 9.59 Å². The highest BCUT2D eigenvalue weighted by Crippen LogP contribution is 2.26. The number of primary amides is 1. The molecule has 2 saturated heterocycles. The monoisotopic (exact) mass is 386 g/mol. The molecule has 0 radical (unpaired) electrons. The normalized spacial score (nSPS) is 21.7. The molecule has 28 heavy (non-hydrogen) atoms. The Labute approximate surface area is 166 Å². The van der Waals surface area contributed by atoms with E-state index in [0.29, 0.717) is 12.6 Å². The van der Waals surface area contributed by atoms with Crippen LogP contribution in [0, 0.1) is 0 Å². The van der Waals surface area contributed by atoms with E-state index in [2.05, 4.69) is 15.2 Å². The number of aromatic nitrogens is 1. The number of likely N-dealkylation sites (tertiary alicyclic amines) is 1. The molecule has 3 aliphatic rings. The molecule has 1 aromatic rings. The Hall–Kier alpha value is -2.19. The molecule has 1 aromatic heterocycles. The van der Waals surface area contributed by atoms with E-state index in [0.717, 1.165) is 57.3 Å². The lowest BCUT2D eigenvalue weighted by Gasteiger charge is -2.42. The third-order valence-electron chi connectivity index (χ3n) is 6.22. The first-order chi connectivity index (χ1) is 13.6. The van der Waals surface area contributed by atoms with Crippen LogP contribution in [-0.4, -0.2) is 83.0 Å². The molecule has 8 heteroatoms. The zero-order valence-corrected chi connectivity index (χ0v) is 16.3. The number of amides is 3. The number of nitrogens with two attached hydrogens (primary N) is 1. The van der Waals surface area contributed by atoms with E-state index in [-0.39, 0.29) is 11.7 Å². The number of pyridine rings is 1. The Kier molecular flexibility index (Phi) is 5.77. The van der Waals surface area contributed by atoms with Gasteiger partial charge in [0.05, 0.1) is 0 Å². The summed E-state index contributed by atoms with van der Waals surface area (Å²) in [6.07, 6.45) is 6.76. The number of hydrogen-bond acceptors (Lipinski definition) is 5. The molecule has 3 N–H and O–H groups in total. The molecule has 0 bridgehead atoms. The molecule has 3 amide bonds. The van der Waals surface area contributed by atoms with Crippen molar-refractivity contribution >= 4 is 11.9 Å². The fourth-order valence-electron chi connectivity index (χ4n) is 4.15. The Morgan fingerprint density at radius 1 is 1.07 bits per heavy atom. The minimum absolute atomic E-state index is 0.181. The molecule has 0 atom stereocenters. The van der Waals surface area contributed by atoms with Crippen LogP contribution in [0.3, 0.4) is 0 Å². The summed E-state index contributed by atoms with van der Waals surface area (Å²) in [4.78, 5) is 34.4. The van der Waals surface area contributed by atoms with Gasteiger partial charge in [0.25, 0.3) is 5.91 Å². The molecule has 0 unspecified atom stereocenters. The third-order valence-corrected chi connectivity index (χ3v) is 6.22. The molecule has 4 rings (SSSR count). The molecule has 3 heterocycles. The lowest BCUT2D eigenvalue weighted by Crippen LogP contribution is -2.62. The zero-order chi connectivity index (χ0) is 19.5. The van der Waals surface area contributed by atoms with Gasteiger partial charge in [-0.3, -0.25) is 14.7 Å². The maximum absolute atomic E-state index is 12.8. The molecular formula is C20H30N6O2. The average molecular weight is 387 g/mol. The van der Waals surface area contributed by atoms with E-state index in [4.69, 9.17) is 5.73 Å². The van der Waals surface area contributed by atoms with E-state index < -0.39 is 5.91 Å². The maximum Gasteiger partial charge on any atom is 0.320 e. The summed E-state index contributed by atoms with van der Waals surface area (Å²) >= 11 is 0. The fraction of sp³-hybridized carbons (Fsp3) is 0.650. The van der Waals surface area contributed by atoms with Gasteiger partial charge in [-0.15, -0.1) is 0 Å². The highest BCUT2D eigenvalue weighted by molar-refractivity contribution is 5.90. The van der Waals surface area contributed by atoms with Crippen LogP contribution < -0.4 is 11.1 Å². The first kappa shape index (κ1) is 19.1. The second-order valence-corrected chi connectivity index (χ2v) is 8.14. The number of rotatable bonds is 5. The van der Waals surface area contributed by atoms with Crippen LogP contribution in [0.5, 0.6) is 0 Å². The van der Waals surface area contributed by atoms with Gasteiger partial charge in [-0.1, -0.05) is 12.5 Å². The van der Waals surface area contributed by atoms with Gasteiger partial charge in [0.2, 0.25) is 0 Å². The van der Waals surface area contributed by atoms with Crippen LogP contribution >= 0.6 is 0 Å². The number of nitrogens with zero attached hydrogens (tertiary/aromatic N) is 4. The van der Waals surface area contributed by atoms with Crippen molar-refractivity contribution < 1.29 is 9.59 Å². The molecule has 3 fully saturated rings. The quantitative estimate of drug-likeness (QED) is 0.774. The van der Waals surface area contributed by atoms with Crippen molar-refractivity contribution in [1.29, 1.82) is 0 Å². The summed E-state index contributed by atoms with van der Waals surface area (Å²) in [5.74, 6) is -0.517. The summed E-state index contributed by atoms with van der Waals surface area (Å²) in [6, 6.07) is 4.74. The summed E-state index contributed by atoms with van der Waals surface area (Å²) in [5.41, 5.74) is 6.48. The average Bonchev–Trinajstić information content (AvgIpc) is 2.85. The van der Waals surface area contributed by atoms with Gasteiger partial charge < -0.3 is 20.9 Å². The Balaban J connectivity index is 1.18. The number of nitrogens with one attached hydrogen (secondary N) is 1. The minimum atomic E-state index is -0.517. The van der Waals surface area contributed by atoms with Crippen molar-refractivity contribution in [3.8, 4) is 0 Å². The highest BCUT2D eigenvalue weighted by atomic mass is 16.2. The van der Waals surface area contributed by atoms with E-state index in [1.807, 2.05) is 15.9 Å². The molecular weight excluding hydrogens is 356 g/mol. The predicted molar refractivity (Wildman–Crippen MR) is 106 cm³/mol. The third kappa shape index (κ3) is 4.28. The lowest BCUT2D eigenvalue weighted by atomic mass is 9.91. The molecule has 8 nitrogen and oxygen atoms in total. The Morgan fingerprint density at radius 2 is 1.89 bits per heavy atom. The van der Waals surface area contributed by atoms with Gasteiger partial charge in [0.15, 0.2) is 0 Å². The summed E-state index contributed by atoms with van der Waals surface area (Å²) in [6.45, 7) is 6.01. The van der Waals surface area contributed by atoms with Gasteiger partial charge in [-0.05, 0) is 30.9 Å². The van der Waals surface area contributed by atoms with Crippen molar-refractivity contribution in [1.82, 2.24) is 25.0 Å². The first-order valence-corrected chi connectivity index (χ1v) is 10.4. The standard InChI is InChI=1S/C20H30N6O2/c21-19(27)18-6-5-15(12-23-18)11-22-16-13-26(14-16)20(28)25-8-2-7-24(9-10-25)17-3-1-4-17/h5-6,12,16-17,22H,1-4,7-11,13-14H2,(H2,21,27). The van der Waals surface area contributed by atoms with E-state index in [1.165, 1.54) is 19.3 Å². The van der Waals surface area contributed by atoms with Crippen LogP contribution in [0.2, 0.25) is 0 Å². The Morgan fingerprint density at radius 3 is 2.54 bits per heavy atom. The van der Waals surface area contributed by atoms with Crippen molar-refractivity contribution in [3.05, 3.63) is 29.6 Å². The number of hydrogen-bond donors (Lipinski definition) is 2. The molecule has 152 valence electrons. The van der Waals surface area contributed by atoms with Gasteiger partial charge in [-0.2, -0.15) is 0 Å². The molecule has 0 spiro atoms. The topological polar surface area (TPSA) is 94.8 Å². The predicted octanol–water partition coefficient (Wildman–Crippen LogP) is 0.635. The second-order valence-electron chi connectivity index (χ2n) is 8.14. The molecule has 1 aliphatic carbocycles. The number of urea groups is 1. The largest absolute Gasteiger partial charge is 0.364 e. The van der Waals surface area contributed by atoms with Crippen LogP contribution in [0.4, 0.5) is 4.79 Å². The smallest absolute Gasteiger partial charge is 0.320 e. The van der Waals surface area contributed by atoms with Crippen LogP contribution in [0.25, 0.3) is 0 Å². The summed E-state index contributed by atoms with van der Waals surface area (Å²) in [5, 5.41) is 3.44. The van der Waals surface area contributed by atoms with Crippen molar-refractivity contribution in [2.24, 2.45) is 5.73 Å². The first-order valence-electron chi connectivity index (χ1n) is 10.4. The number of carbonyl (C=O) groups is 2. The van der Waals surface area contributed by atoms with Crippen LogP contribution in [0.1, 0.15) is 41.7 Å². The second kappa shape index (κ2) is 8.45. The van der Waals surface area contributed by atoms with Crippen molar-refractivity contribution in [3.63, 3.8) is 0 Å². The van der Waals surface area contributed by atoms with Crippen LogP contribution in [0.15, 0.2) is 18.3 Å². The SMILES string of the molecule is NC(=O)c1ccc(CNC2CN(C(=O)N3CCCN(C4CCC4)CC3)C2)cn1. The van der Waals surface area contributed by atoms with Crippen molar-refractivity contribution in [2.75, 3.05) is 39.3 Å². The zero-order valence-electron chi connectivity index (χ0n) is 16.3. The van der Waals surface area contributed by atoms with E-state index >= 15 is 0 Å². The van der Waals surface area contributed by atoms with Gasteiger partial charge in [-0.25, -0.2) is 4.79 Å². The van der Waals surface area contributed by atoms with E-state index in [1.54, 1.807) is 12.3 Å². The fourth-order valence-corrected chi connectivity index (χ4v) is 4.15. The maximum atomic E-state index is 12.8. The minimum Gasteiger partial charge on any atom is -0.364 e. The Bertz CT molecular complexity index is 699. The highest BCUT2D eigenvalue weighted by Gasteiger charge is 2.34. The summed E-state index contributed by atoms with van der Waals surface area (Å²) in [7, 11) is 0. The molecule has 1 saturated carbocycles. The number of carbonyl (C=O) groups excluding carboxylic acids is 2.